The number of guanidine groups is 1. The third-order valence-corrected chi connectivity index (χ3v) is 4.60. The molecular formula is C18H28F3N5O. The predicted octanol–water partition coefficient (Wildman–Crippen LogP) is 2.58. The van der Waals surface area contributed by atoms with Gasteiger partial charge in [0.25, 0.3) is 0 Å². The van der Waals surface area contributed by atoms with Crippen LogP contribution >= 0.6 is 0 Å². The van der Waals surface area contributed by atoms with E-state index in [1.165, 1.54) is 18.2 Å². The van der Waals surface area contributed by atoms with E-state index in [1.54, 1.807) is 6.07 Å². The van der Waals surface area contributed by atoms with Gasteiger partial charge >= 0.3 is 6.36 Å². The first-order valence-corrected chi connectivity index (χ1v) is 9.00. The predicted molar refractivity (Wildman–Crippen MR) is 101 cm³/mol. The maximum Gasteiger partial charge on any atom is 0.573 e. The van der Waals surface area contributed by atoms with Gasteiger partial charge < -0.3 is 20.7 Å². The molecule has 27 heavy (non-hydrogen) atoms. The molecule has 0 radical (unpaired) electrons. The van der Waals surface area contributed by atoms with Gasteiger partial charge in [0.1, 0.15) is 0 Å². The summed E-state index contributed by atoms with van der Waals surface area (Å²) < 4.78 is 41.6. The van der Waals surface area contributed by atoms with Gasteiger partial charge in [-0.15, -0.1) is 13.2 Å². The summed E-state index contributed by atoms with van der Waals surface area (Å²) in [7, 11) is 2.10. The van der Waals surface area contributed by atoms with Gasteiger partial charge in [-0.3, -0.25) is 9.89 Å². The number of nitrogens with zero attached hydrogens (tertiary/aromatic N) is 3. The standard InChI is InChI=1S/C18H28F3N5O/c1-13(2)15(26-10-8-25(3)9-11-26)12-23-17(22)24-14-6-4-5-7-16(14)27-18(19,20)21/h4-7,13,15H,8-12H2,1-3H3,(H3,22,23,24). The molecule has 0 saturated carbocycles. The Bertz CT molecular complexity index is 628. The summed E-state index contributed by atoms with van der Waals surface area (Å²) >= 11 is 0. The van der Waals surface area contributed by atoms with E-state index in [2.05, 4.69) is 45.7 Å². The average Bonchev–Trinajstić information content (AvgIpc) is 2.57. The summed E-state index contributed by atoms with van der Waals surface area (Å²) in [5, 5.41) is 2.71. The number of nitrogens with one attached hydrogen (secondary N) is 1. The maximum atomic E-state index is 12.5. The van der Waals surface area contributed by atoms with E-state index in [0.717, 1.165) is 26.2 Å². The molecule has 0 amide bonds. The molecule has 6 nitrogen and oxygen atoms in total. The Kier molecular flexibility index (Phi) is 7.32. The highest BCUT2D eigenvalue weighted by Crippen LogP contribution is 2.29. The number of hydrogen-bond acceptors (Lipinski definition) is 4. The Hall–Kier alpha value is -2.00. The minimum absolute atomic E-state index is 0.0630. The lowest BCUT2D eigenvalue weighted by atomic mass is 10.0. The van der Waals surface area contributed by atoms with E-state index in [1.807, 2.05) is 0 Å². The van der Waals surface area contributed by atoms with Gasteiger partial charge in [0.2, 0.25) is 0 Å². The summed E-state index contributed by atoms with van der Waals surface area (Å²) in [6.45, 7) is 8.67. The Morgan fingerprint density at radius 2 is 1.85 bits per heavy atom. The third kappa shape index (κ3) is 6.91. The van der Waals surface area contributed by atoms with Crippen LogP contribution in [-0.4, -0.2) is 67.9 Å². The molecule has 0 aromatic heterocycles. The van der Waals surface area contributed by atoms with Crippen molar-refractivity contribution in [3.63, 3.8) is 0 Å². The van der Waals surface area contributed by atoms with Crippen LogP contribution < -0.4 is 15.8 Å². The zero-order valence-corrected chi connectivity index (χ0v) is 16.0. The van der Waals surface area contributed by atoms with Crippen molar-refractivity contribution >= 4 is 11.6 Å². The molecule has 1 aliphatic rings. The maximum absolute atomic E-state index is 12.5. The van der Waals surface area contributed by atoms with Crippen LogP contribution in [0.25, 0.3) is 0 Å². The van der Waals surface area contributed by atoms with Crippen LogP contribution in [-0.2, 0) is 0 Å². The Labute approximate surface area is 158 Å². The molecule has 3 N–H and O–H groups in total. The number of aliphatic imine (C=N–C) groups is 1. The summed E-state index contributed by atoms with van der Waals surface area (Å²) in [6.07, 6.45) is -4.77. The fourth-order valence-corrected chi connectivity index (χ4v) is 3.05. The highest BCUT2D eigenvalue weighted by atomic mass is 19.4. The molecule has 1 atom stereocenters. The second kappa shape index (κ2) is 9.27. The highest BCUT2D eigenvalue weighted by Gasteiger charge is 2.32. The van der Waals surface area contributed by atoms with Crippen molar-refractivity contribution in [2.24, 2.45) is 16.6 Å². The Morgan fingerprint density at radius 3 is 2.44 bits per heavy atom. The van der Waals surface area contributed by atoms with Gasteiger partial charge in [-0.25, -0.2) is 0 Å². The number of hydrogen-bond donors (Lipinski definition) is 2. The lowest BCUT2D eigenvalue weighted by molar-refractivity contribution is -0.274. The fraction of sp³-hybridized carbons (Fsp3) is 0.611. The van der Waals surface area contributed by atoms with Gasteiger partial charge in [-0.1, -0.05) is 26.0 Å². The molecule has 9 heteroatoms. The minimum Gasteiger partial charge on any atom is -0.404 e. The van der Waals surface area contributed by atoms with Crippen LogP contribution in [0.15, 0.2) is 29.3 Å². The fourth-order valence-electron chi connectivity index (χ4n) is 3.05. The molecule has 1 aromatic rings. The molecular weight excluding hydrogens is 359 g/mol. The first kappa shape index (κ1) is 21.3. The van der Waals surface area contributed by atoms with E-state index in [9.17, 15) is 13.2 Å². The van der Waals surface area contributed by atoms with Crippen LogP contribution in [0.3, 0.4) is 0 Å². The number of halogens is 3. The molecule has 1 fully saturated rings. The van der Waals surface area contributed by atoms with Gasteiger partial charge in [-0.2, -0.15) is 0 Å². The van der Waals surface area contributed by atoms with Gasteiger partial charge in [0.15, 0.2) is 11.7 Å². The Morgan fingerprint density at radius 1 is 1.22 bits per heavy atom. The first-order valence-electron chi connectivity index (χ1n) is 9.00. The second-order valence-corrected chi connectivity index (χ2v) is 7.05. The summed E-state index contributed by atoms with van der Waals surface area (Å²) in [6, 6.07) is 5.97. The first-order chi connectivity index (χ1) is 12.7. The number of piperazine rings is 1. The average molecular weight is 387 g/mol. The highest BCUT2D eigenvalue weighted by molar-refractivity contribution is 5.93. The van der Waals surface area contributed by atoms with Gasteiger partial charge in [0, 0.05) is 32.2 Å². The molecule has 1 saturated heterocycles. The van der Waals surface area contributed by atoms with Crippen molar-refractivity contribution in [3.8, 4) is 5.75 Å². The van der Waals surface area contributed by atoms with Crippen molar-refractivity contribution in [1.29, 1.82) is 0 Å². The van der Waals surface area contributed by atoms with Crippen LogP contribution in [0.2, 0.25) is 0 Å². The zero-order chi connectivity index (χ0) is 20.0. The molecule has 1 aliphatic heterocycles. The van der Waals surface area contributed by atoms with E-state index in [0.29, 0.717) is 12.5 Å². The quantitative estimate of drug-likeness (QED) is 0.580. The molecule has 1 aromatic carbocycles. The molecule has 0 bridgehead atoms. The number of likely N-dealkylation sites (N-methyl/N-ethyl adjacent to an activating group) is 1. The number of ether oxygens (including phenoxy) is 1. The Balaban J connectivity index is 2.02. The van der Waals surface area contributed by atoms with E-state index in [-0.39, 0.29) is 23.4 Å². The largest absolute Gasteiger partial charge is 0.573 e. The molecule has 1 heterocycles. The van der Waals surface area contributed by atoms with Crippen molar-refractivity contribution < 1.29 is 17.9 Å². The van der Waals surface area contributed by atoms with Gasteiger partial charge in [0.05, 0.1) is 12.2 Å². The van der Waals surface area contributed by atoms with Crippen molar-refractivity contribution in [3.05, 3.63) is 24.3 Å². The third-order valence-electron chi connectivity index (χ3n) is 4.60. The number of nitrogens with two attached hydrogens (primary N) is 1. The molecule has 152 valence electrons. The van der Waals surface area contributed by atoms with Gasteiger partial charge in [-0.05, 0) is 25.1 Å². The number of alkyl halides is 3. The number of rotatable bonds is 6. The normalized spacial score (nSPS) is 18.6. The topological polar surface area (TPSA) is 66.1 Å². The summed E-state index contributed by atoms with van der Waals surface area (Å²) in [5.41, 5.74) is 6.04. The van der Waals surface area contributed by atoms with E-state index >= 15 is 0 Å². The SMILES string of the molecule is CC(C)C(CN=C(N)Nc1ccccc1OC(F)(F)F)N1CCN(C)CC1. The summed E-state index contributed by atoms with van der Waals surface area (Å²) in [4.78, 5) is 9.04. The number of para-hydroxylation sites is 2. The second-order valence-electron chi connectivity index (χ2n) is 7.05. The molecule has 0 aliphatic carbocycles. The van der Waals surface area contributed by atoms with Crippen molar-refractivity contribution in [2.45, 2.75) is 26.3 Å². The lowest BCUT2D eigenvalue weighted by Gasteiger charge is -2.39. The van der Waals surface area contributed by atoms with Crippen LogP contribution in [0.4, 0.5) is 18.9 Å². The minimum atomic E-state index is -4.77. The zero-order valence-electron chi connectivity index (χ0n) is 16.0. The molecule has 1 unspecified atom stereocenters. The lowest BCUT2D eigenvalue weighted by Crippen LogP contribution is -2.51. The van der Waals surface area contributed by atoms with E-state index < -0.39 is 6.36 Å². The van der Waals surface area contributed by atoms with Crippen LogP contribution in [0.1, 0.15) is 13.8 Å². The van der Waals surface area contributed by atoms with Crippen molar-refractivity contribution in [2.75, 3.05) is 45.1 Å². The van der Waals surface area contributed by atoms with Crippen LogP contribution in [0, 0.1) is 5.92 Å². The van der Waals surface area contributed by atoms with Crippen LogP contribution in [0.5, 0.6) is 5.75 Å². The number of anilines is 1. The number of benzene rings is 1. The molecule has 0 spiro atoms. The van der Waals surface area contributed by atoms with Crippen molar-refractivity contribution in [1.82, 2.24) is 9.80 Å². The van der Waals surface area contributed by atoms with E-state index in [4.69, 9.17) is 5.73 Å². The molecule has 2 rings (SSSR count). The smallest absolute Gasteiger partial charge is 0.404 e. The summed E-state index contributed by atoms with van der Waals surface area (Å²) in [5.74, 6) is 0.0986. The monoisotopic (exact) mass is 387 g/mol.